The lowest BCUT2D eigenvalue weighted by Gasteiger charge is -2.12. The molecule has 1 aromatic carbocycles. The average molecular weight is 388 g/mol. The van der Waals surface area contributed by atoms with Crippen molar-refractivity contribution in [3.05, 3.63) is 48.2 Å². The highest BCUT2D eigenvalue weighted by Gasteiger charge is 2.20. The highest BCUT2D eigenvalue weighted by atomic mass is 16.5. The number of nitrogens with zero attached hydrogens (tertiary/aromatic N) is 1. The summed E-state index contributed by atoms with van der Waals surface area (Å²) in [4.78, 5) is 24.2. The third-order valence-corrected chi connectivity index (χ3v) is 3.63. The molecule has 0 fully saturated rings. The van der Waals surface area contributed by atoms with Crippen LogP contribution < -0.4 is 14.8 Å². The van der Waals surface area contributed by atoms with E-state index in [4.69, 9.17) is 18.7 Å². The number of hydrogen-bond acceptors (Lipinski definition) is 7. The van der Waals surface area contributed by atoms with Gasteiger partial charge in [-0.2, -0.15) is 0 Å². The second-order valence-corrected chi connectivity index (χ2v) is 6.92. The van der Waals surface area contributed by atoms with Gasteiger partial charge in [0.1, 0.15) is 6.61 Å². The number of amides is 1. The molecule has 0 aliphatic heterocycles. The van der Waals surface area contributed by atoms with Crippen molar-refractivity contribution in [2.75, 3.05) is 25.6 Å². The van der Waals surface area contributed by atoms with Crippen molar-refractivity contribution in [2.24, 2.45) is 0 Å². The summed E-state index contributed by atoms with van der Waals surface area (Å²) >= 11 is 0. The summed E-state index contributed by atoms with van der Waals surface area (Å²) in [5, 5.41) is 6.40. The van der Waals surface area contributed by atoms with Crippen LogP contribution in [0.4, 0.5) is 5.88 Å². The number of rotatable bonds is 8. The first-order valence-electron chi connectivity index (χ1n) is 8.60. The standard InChI is InChI=1S/C20H24N2O6/c1-6-9-26-14-8-7-13(10-15(14)25-5)19(24)27-12-17(23)21-18-11-16(22-28-18)20(2,3)4/h6-8,10-11H,1,9,12H2,2-5H3,(H,21,23). The maximum atomic E-state index is 12.2. The second-order valence-electron chi connectivity index (χ2n) is 6.92. The predicted octanol–water partition coefficient (Wildman–Crippen LogP) is 3.34. The highest BCUT2D eigenvalue weighted by Crippen LogP contribution is 2.28. The van der Waals surface area contributed by atoms with Crippen molar-refractivity contribution in [3.8, 4) is 11.5 Å². The summed E-state index contributed by atoms with van der Waals surface area (Å²) in [6.07, 6.45) is 1.60. The molecule has 2 aromatic rings. The molecule has 8 heteroatoms. The van der Waals surface area contributed by atoms with Crippen molar-refractivity contribution < 1.29 is 28.3 Å². The van der Waals surface area contributed by atoms with E-state index in [9.17, 15) is 9.59 Å². The number of esters is 1. The van der Waals surface area contributed by atoms with Crippen LogP contribution in [0.2, 0.25) is 0 Å². The maximum absolute atomic E-state index is 12.2. The molecule has 0 atom stereocenters. The van der Waals surface area contributed by atoms with Crippen LogP contribution in [0, 0.1) is 0 Å². The van der Waals surface area contributed by atoms with Crippen LogP contribution in [-0.4, -0.2) is 37.4 Å². The zero-order valence-corrected chi connectivity index (χ0v) is 16.4. The number of hydrogen-bond donors (Lipinski definition) is 1. The molecule has 150 valence electrons. The molecule has 0 bridgehead atoms. The van der Waals surface area contributed by atoms with Crippen LogP contribution in [0.1, 0.15) is 36.8 Å². The molecule has 28 heavy (non-hydrogen) atoms. The van der Waals surface area contributed by atoms with Gasteiger partial charge in [-0.3, -0.25) is 10.1 Å². The average Bonchev–Trinajstić information content (AvgIpc) is 3.13. The van der Waals surface area contributed by atoms with E-state index >= 15 is 0 Å². The lowest BCUT2D eigenvalue weighted by molar-refractivity contribution is -0.119. The van der Waals surface area contributed by atoms with Gasteiger partial charge in [-0.05, 0) is 18.2 Å². The normalized spacial score (nSPS) is 10.9. The third kappa shape index (κ3) is 5.60. The van der Waals surface area contributed by atoms with E-state index in [2.05, 4.69) is 17.1 Å². The topological polar surface area (TPSA) is 99.9 Å². The third-order valence-electron chi connectivity index (χ3n) is 3.63. The van der Waals surface area contributed by atoms with E-state index in [1.807, 2.05) is 20.8 Å². The molecule has 0 spiro atoms. The molecule has 1 N–H and O–H groups in total. The van der Waals surface area contributed by atoms with Crippen LogP contribution in [0.15, 0.2) is 41.4 Å². The number of aromatic nitrogens is 1. The van der Waals surface area contributed by atoms with E-state index < -0.39 is 18.5 Å². The highest BCUT2D eigenvalue weighted by molar-refractivity contribution is 5.95. The number of nitrogens with one attached hydrogen (secondary N) is 1. The minimum atomic E-state index is -0.670. The summed E-state index contributed by atoms with van der Waals surface area (Å²) < 4.78 is 20.7. The molecule has 0 aliphatic carbocycles. The summed E-state index contributed by atoms with van der Waals surface area (Å²) in [6, 6.07) is 6.21. The lowest BCUT2D eigenvalue weighted by Crippen LogP contribution is -2.20. The Kier molecular flexibility index (Phi) is 6.81. The molecule has 0 unspecified atom stereocenters. The molecule has 2 rings (SSSR count). The second kappa shape index (κ2) is 9.07. The van der Waals surface area contributed by atoms with Crippen LogP contribution in [0.5, 0.6) is 11.5 Å². The molecule has 0 aliphatic rings. The fraction of sp³-hybridized carbons (Fsp3) is 0.350. The number of anilines is 1. The Hall–Kier alpha value is -3.29. The SMILES string of the molecule is C=CCOc1ccc(C(=O)OCC(=O)Nc2cc(C(C)(C)C)no2)cc1OC. The fourth-order valence-corrected chi connectivity index (χ4v) is 2.14. The molecular formula is C20H24N2O6. The summed E-state index contributed by atoms with van der Waals surface area (Å²) in [6.45, 7) is 9.32. The summed E-state index contributed by atoms with van der Waals surface area (Å²) in [5.41, 5.74) is 0.718. The first-order chi connectivity index (χ1) is 13.2. The minimum absolute atomic E-state index is 0.191. The Morgan fingerprint density at radius 3 is 2.61 bits per heavy atom. The fourth-order valence-electron chi connectivity index (χ4n) is 2.14. The van der Waals surface area contributed by atoms with Crippen molar-refractivity contribution in [2.45, 2.75) is 26.2 Å². The first kappa shape index (κ1) is 21.0. The number of carbonyl (C=O) groups excluding carboxylic acids is 2. The molecule has 1 aromatic heterocycles. The van der Waals surface area contributed by atoms with Gasteiger partial charge in [-0.1, -0.05) is 38.6 Å². The minimum Gasteiger partial charge on any atom is -0.493 e. The van der Waals surface area contributed by atoms with Gasteiger partial charge in [0.05, 0.1) is 18.4 Å². The predicted molar refractivity (Wildman–Crippen MR) is 103 cm³/mol. The van der Waals surface area contributed by atoms with Gasteiger partial charge in [0.2, 0.25) is 5.88 Å². The Bertz CT molecular complexity index is 851. The van der Waals surface area contributed by atoms with Crippen molar-refractivity contribution in [3.63, 3.8) is 0 Å². The van der Waals surface area contributed by atoms with Gasteiger partial charge in [-0.25, -0.2) is 4.79 Å². The van der Waals surface area contributed by atoms with Crippen LogP contribution in [-0.2, 0) is 14.9 Å². The molecule has 1 amide bonds. The maximum Gasteiger partial charge on any atom is 0.338 e. The van der Waals surface area contributed by atoms with Gasteiger partial charge < -0.3 is 18.7 Å². The Morgan fingerprint density at radius 2 is 2.00 bits per heavy atom. The largest absolute Gasteiger partial charge is 0.493 e. The lowest BCUT2D eigenvalue weighted by atomic mass is 9.92. The molecular weight excluding hydrogens is 364 g/mol. The first-order valence-corrected chi connectivity index (χ1v) is 8.60. The van der Waals surface area contributed by atoms with Crippen molar-refractivity contribution in [1.82, 2.24) is 5.16 Å². The Morgan fingerprint density at radius 1 is 1.25 bits per heavy atom. The summed E-state index contributed by atoms with van der Waals surface area (Å²) in [7, 11) is 1.46. The summed E-state index contributed by atoms with van der Waals surface area (Å²) in [5.74, 6) is -0.176. The van der Waals surface area contributed by atoms with Gasteiger partial charge in [0, 0.05) is 11.5 Å². The number of carbonyl (C=O) groups is 2. The van der Waals surface area contributed by atoms with Gasteiger partial charge in [-0.15, -0.1) is 0 Å². The zero-order chi connectivity index (χ0) is 20.7. The molecule has 1 heterocycles. The molecule has 0 saturated carbocycles. The van der Waals surface area contributed by atoms with E-state index in [0.29, 0.717) is 23.8 Å². The Balaban J connectivity index is 1.93. The molecule has 0 radical (unpaired) electrons. The van der Waals surface area contributed by atoms with E-state index in [1.165, 1.54) is 19.2 Å². The quantitative estimate of drug-likeness (QED) is 0.547. The van der Waals surface area contributed by atoms with Crippen LogP contribution >= 0.6 is 0 Å². The molecule has 8 nitrogen and oxygen atoms in total. The zero-order valence-electron chi connectivity index (χ0n) is 16.4. The Labute approximate surface area is 163 Å². The van der Waals surface area contributed by atoms with Gasteiger partial charge in [0.15, 0.2) is 18.1 Å². The molecule has 0 saturated heterocycles. The van der Waals surface area contributed by atoms with E-state index in [0.717, 1.165) is 0 Å². The number of methoxy groups -OCH3 is 1. The van der Waals surface area contributed by atoms with E-state index in [1.54, 1.807) is 18.2 Å². The van der Waals surface area contributed by atoms with Crippen molar-refractivity contribution >= 4 is 17.8 Å². The smallest absolute Gasteiger partial charge is 0.338 e. The number of benzene rings is 1. The van der Waals surface area contributed by atoms with Gasteiger partial charge in [0.25, 0.3) is 5.91 Å². The number of ether oxygens (including phenoxy) is 3. The van der Waals surface area contributed by atoms with E-state index in [-0.39, 0.29) is 16.9 Å². The monoisotopic (exact) mass is 388 g/mol. The van der Waals surface area contributed by atoms with Crippen molar-refractivity contribution in [1.29, 1.82) is 0 Å². The van der Waals surface area contributed by atoms with Crippen LogP contribution in [0.3, 0.4) is 0 Å². The van der Waals surface area contributed by atoms with Gasteiger partial charge >= 0.3 is 5.97 Å². The van der Waals surface area contributed by atoms with Crippen LogP contribution in [0.25, 0.3) is 0 Å².